The Balaban J connectivity index is 2.07. The summed E-state index contributed by atoms with van der Waals surface area (Å²) in [5.41, 5.74) is -1.13. The van der Waals surface area contributed by atoms with Crippen LogP contribution in [-0.4, -0.2) is 29.8 Å². The molecule has 2 N–H and O–H groups in total. The fraction of sp³-hybridized carbons (Fsp3) is 0.636. The number of nitrogens with one attached hydrogen (secondary N) is 2. The molecule has 0 radical (unpaired) electrons. The van der Waals surface area contributed by atoms with Gasteiger partial charge in [0.25, 0.3) is 0 Å². The van der Waals surface area contributed by atoms with Crippen LogP contribution >= 0.6 is 11.6 Å². The number of hydrogen-bond donors (Lipinski definition) is 2. The third kappa shape index (κ3) is 3.94. The van der Waals surface area contributed by atoms with E-state index in [-0.39, 0.29) is 10.8 Å². The monoisotopic (exact) mass is 294 g/mol. The van der Waals surface area contributed by atoms with Gasteiger partial charge in [-0.05, 0) is 31.8 Å². The number of rotatable bonds is 3. The van der Waals surface area contributed by atoms with Gasteiger partial charge in [-0.3, -0.25) is 0 Å². The Kier molecular flexibility index (Phi) is 4.46. The Hall–Kier alpha value is -1.08. The largest absolute Gasteiger partial charge is 0.437 e. The topological polar surface area (TPSA) is 49.8 Å². The van der Waals surface area contributed by atoms with Gasteiger partial charge in [-0.25, -0.2) is 0 Å². The second-order valence-electron chi connectivity index (χ2n) is 4.50. The lowest BCUT2D eigenvalue weighted by Crippen LogP contribution is -2.31. The predicted molar refractivity (Wildman–Crippen MR) is 66.1 cm³/mol. The second kappa shape index (κ2) is 5.92. The van der Waals surface area contributed by atoms with Crippen molar-refractivity contribution in [2.45, 2.75) is 19.0 Å². The van der Waals surface area contributed by atoms with E-state index < -0.39 is 11.9 Å². The molecular weight excluding hydrogens is 281 g/mol. The molecule has 0 amide bonds. The summed E-state index contributed by atoms with van der Waals surface area (Å²) >= 11 is 5.60. The first kappa shape index (κ1) is 14.3. The number of nitrogens with zero attached hydrogens (tertiary/aromatic N) is 2. The summed E-state index contributed by atoms with van der Waals surface area (Å²) in [4.78, 5) is 0. The molecule has 4 nitrogen and oxygen atoms in total. The third-order valence-electron chi connectivity index (χ3n) is 3.07. The van der Waals surface area contributed by atoms with E-state index in [2.05, 4.69) is 20.8 Å². The zero-order valence-corrected chi connectivity index (χ0v) is 10.9. The fourth-order valence-electron chi connectivity index (χ4n) is 2.05. The van der Waals surface area contributed by atoms with Crippen LogP contribution in [0.4, 0.5) is 18.9 Å². The molecule has 8 heteroatoms. The van der Waals surface area contributed by atoms with Gasteiger partial charge in [-0.15, -0.1) is 10.2 Å². The highest BCUT2D eigenvalue weighted by Gasteiger charge is 2.36. The fourth-order valence-corrected chi connectivity index (χ4v) is 2.20. The minimum absolute atomic E-state index is 0.0548. The number of hydrogen-bond acceptors (Lipinski definition) is 4. The standard InChI is InChI=1S/C11H14ClF3N4/c12-9-5-8(10(19-18-9)11(13,14)15)17-6-7-1-3-16-4-2-7/h5,7,16H,1-4,6H2,(H,17,18). The van der Waals surface area contributed by atoms with Crippen molar-refractivity contribution in [1.82, 2.24) is 15.5 Å². The van der Waals surface area contributed by atoms with Gasteiger partial charge in [0.05, 0.1) is 5.69 Å². The Labute approximate surface area is 113 Å². The molecule has 1 aliphatic heterocycles. The van der Waals surface area contributed by atoms with Crippen molar-refractivity contribution in [2.75, 3.05) is 25.0 Å². The van der Waals surface area contributed by atoms with E-state index in [0.29, 0.717) is 12.5 Å². The number of alkyl halides is 3. The van der Waals surface area contributed by atoms with E-state index >= 15 is 0 Å². The van der Waals surface area contributed by atoms with E-state index in [4.69, 9.17) is 11.6 Å². The minimum atomic E-state index is -4.53. The maximum Gasteiger partial charge on any atom is 0.437 e. The van der Waals surface area contributed by atoms with Crippen molar-refractivity contribution in [3.8, 4) is 0 Å². The third-order valence-corrected chi connectivity index (χ3v) is 3.26. The smallest absolute Gasteiger partial charge is 0.383 e. The summed E-state index contributed by atoms with van der Waals surface area (Å²) in [6.07, 6.45) is -2.64. The summed E-state index contributed by atoms with van der Waals surface area (Å²) < 4.78 is 38.3. The molecule has 2 heterocycles. The number of piperidine rings is 1. The first-order valence-corrected chi connectivity index (χ1v) is 6.39. The van der Waals surface area contributed by atoms with Crippen LogP contribution in [0.5, 0.6) is 0 Å². The Morgan fingerprint density at radius 1 is 1.32 bits per heavy atom. The first-order valence-electron chi connectivity index (χ1n) is 6.02. The molecule has 1 aromatic rings. The van der Waals surface area contributed by atoms with Crippen LogP contribution in [0.1, 0.15) is 18.5 Å². The first-order chi connectivity index (χ1) is 8.97. The Morgan fingerprint density at radius 3 is 2.63 bits per heavy atom. The zero-order valence-electron chi connectivity index (χ0n) is 10.1. The minimum Gasteiger partial charge on any atom is -0.383 e. The highest BCUT2D eigenvalue weighted by Crippen LogP contribution is 2.33. The van der Waals surface area contributed by atoms with Gasteiger partial charge in [0.2, 0.25) is 0 Å². The molecule has 0 saturated carbocycles. The highest BCUT2D eigenvalue weighted by molar-refractivity contribution is 6.29. The van der Waals surface area contributed by atoms with Crippen LogP contribution in [0.25, 0.3) is 0 Å². The van der Waals surface area contributed by atoms with Crippen LogP contribution in [0.2, 0.25) is 5.15 Å². The second-order valence-corrected chi connectivity index (χ2v) is 4.89. The van der Waals surface area contributed by atoms with E-state index in [1.807, 2.05) is 0 Å². The maximum atomic E-state index is 12.8. The number of anilines is 1. The van der Waals surface area contributed by atoms with Crippen LogP contribution in [0.3, 0.4) is 0 Å². The molecule has 0 aliphatic carbocycles. The van der Waals surface area contributed by atoms with E-state index in [0.717, 1.165) is 25.9 Å². The quantitative estimate of drug-likeness (QED) is 0.899. The van der Waals surface area contributed by atoms with E-state index in [1.165, 1.54) is 6.07 Å². The normalized spacial score (nSPS) is 17.5. The molecule has 1 fully saturated rings. The zero-order chi connectivity index (χ0) is 13.9. The molecule has 0 atom stereocenters. The molecule has 0 aromatic carbocycles. The lowest BCUT2D eigenvalue weighted by atomic mass is 9.98. The van der Waals surface area contributed by atoms with Gasteiger partial charge in [-0.1, -0.05) is 11.6 Å². The Bertz CT molecular complexity index is 432. The summed E-state index contributed by atoms with van der Waals surface area (Å²) in [6.45, 7) is 2.27. The summed E-state index contributed by atoms with van der Waals surface area (Å²) in [7, 11) is 0. The summed E-state index contributed by atoms with van der Waals surface area (Å²) in [5, 5.41) is 12.3. The molecule has 1 aliphatic rings. The van der Waals surface area contributed by atoms with Crippen LogP contribution in [0.15, 0.2) is 6.07 Å². The molecule has 1 aromatic heterocycles. The SMILES string of the molecule is FC(F)(F)c1nnc(Cl)cc1NCC1CCNCC1. The molecule has 0 bridgehead atoms. The van der Waals surface area contributed by atoms with Crippen molar-refractivity contribution in [1.29, 1.82) is 0 Å². The van der Waals surface area contributed by atoms with E-state index in [9.17, 15) is 13.2 Å². The lowest BCUT2D eigenvalue weighted by Gasteiger charge is -2.23. The number of halogens is 4. The molecule has 106 valence electrons. The molecule has 2 rings (SSSR count). The van der Waals surface area contributed by atoms with Crippen molar-refractivity contribution in [2.24, 2.45) is 5.92 Å². The lowest BCUT2D eigenvalue weighted by molar-refractivity contribution is -0.141. The highest BCUT2D eigenvalue weighted by atomic mass is 35.5. The maximum absolute atomic E-state index is 12.8. The van der Waals surface area contributed by atoms with Crippen molar-refractivity contribution < 1.29 is 13.2 Å². The van der Waals surface area contributed by atoms with Gasteiger partial charge >= 0.3 is 6.18 Å². The molecule has 0 spiro atoms. The average Bonchev–Trinajstić information content (AvgIpc) is 2.36. The van der Waals surface area contributed by atoms with Crippen molar-refractivity contribution >= 4 is 17.3 Å². The van der Waals surface area contributed by atoms with Crippen LogP contribution in [-0.2, 0) is 6.18 Å². The summed E-state index contributed by atoms with van der Waals surface area (Å²) in [5.74, 6) is 0.356. The van der Waals surface area contributed by atoms with Gasteiger partial charge in [0, 0.05) is 12.6 Å². The molecule has 19 heavy (non-hydrogen) atoms. The van der Waals surface area contributed by atoms with Gasteiger partial charge in [0.1, 0.15) is 0 Å². The molecule has 1 saturated heterocycles. The van der Waals surface area contributed by atoms with Gasteiger partial charge in [-0.2, -0.15) is 13.2 Å². The predicted octanol–water partition coefficient (Wildman–Crippen LogP) is 2.56. The van der Waals surface area contributed by atoms with Crippen molar-refractivity contribution in [3.63, 3.8) is 0 Å². The van der Waals surface area contributed by atoms with Gasteiger partial charge in [0.15, 0.2) is 10.8 Å². The van der Waals surface area contributed by atoms with Gasteiger partial charge < -0.3 is 10.6 Å². The average molecular weight is 295 g/mol. The van der Waals surface area contributed by atoms with E-state index in [1.54, 1.807) is 0 Å². The molecule has 0 unspecified atom stereocenters. The number of aromatic nitrogens is 2. The van der Waals surface area contributed by atoms with Crippen LogP contribution < -0.4 is 10.6 Å². The molecular formula is C11H14ClF3N4. The summed E-state index contributed by atoms with van der Waals surface area (Å²) in [6, 6.07) is 1.17. The Morgan fingerprint density at radius 2 is 2.00 bits per heavy atom. The van der Waals surface area contributed by atoms with Crippen molar-refractivity contribution in [3.05, 3.63) is 16.9 Å². The van der Waals surface area contributed by atoms with Crippen LogP contribution in [0, 0.1) is 5.92 Å².